The van der Waals surface area contributed by atoms with E-state index in [2.05, 4.69) is 39.4 Å². The molecule has 0 aliphatic rings. The molecule has 1 amide bonds. The molecule has 6 nitrogen and oxygen atoms in total. The normalized spacial score (nSPS) is 11.0. The number of nitriles is 1. The molecule has 37 heavy (non-hydrogen) atoms. The van der Waals surface area contributed by atoms with Crippen LogP contribution >= 0.6 is 15.9 Å². The average Bonchev–Trinajstić information content (AvgIpc) is 2.91. The molecule has 0 heterocycles. The lowest BCUT2D eigenvalue weighted by atomic mass is 10.1. The number of anilines is 1. The largest absolute Gasteiger partial charge is 0.494 e. The summed E-state index contributed by atoms with van der Waals surface area (Å²) in [7, 11) is 1.55. The molecule has 4 aromatic rings. The molecule has 0 spiro atoms. The second-order valence-electron chi connectivity index (χ2n) is 8.04. The van der Waals surface area contributed by atoms with Crippen LogP contribution in [0.2, 0.25) is 0 Å². The van der Waals surface area contributed by atoms with E-state index in [1.165, 1.54) is 6.08 Å². The van der Waals surface area contributed by atoms with Crippen LogP contribution in [-0.4, -0.2) is 19.6 Å². The Kier molecular flexibility index (Phi) is 8.44. The van der Waals surface area contributed by atoms with Gasteiger partial charge in [0.1, 0.15) is 24.0 Å². The highest BCUT2D eigenvalue weighted by molar-refractivity contribution is 9.10. The highest BCUT2D eigenvalue weighted by Gasteiger charge is 2.15. The monoisotopic (exact) mass is 556 g/mol. The third-order valence-electron chi connectivity index (χ3n) is 5.61. The summed E-state index contributed by atoms with van der Waals surface area (Å²) < 4.78 is 17.8. The first kappa shape index (κ1) is 25.8. The van der Waals surface area contributed by atoms with Crippen LogP contribution in [-0.2, 0) is 11.4 Å². The summed E-state index contributed by atoms with van der Waals surface area (Å²) in [6, 6.07) is 26.7. The highest BCUT2D eigenvalue weighted by Crippen LogP contribution is 2.35. The first-order chi connectivity index (χ1) is 18.0. The molecular weight excluding hydrogens is 532 g/mol. The molecule has 0 unspecified atom stereocenters. The van der Waals surface area contributed by atoms with Crippen molar-refractivity contribution in [3.05, 3.63) is 100 Å². The quantitative estimate of drug-likeness (QED) is 0.175. The summed E-state index contributed by atoms with van der Waals surface area (Å²) >= 11 is 3.54. The number of carbonyl (C=O) groups is 1. The van der Waals surface area contributed by atoms with Crippen LogP contribution in [0.5, 0.6) is 17.2 Å². The Labute approximate surface area is 224 Å². The van der Waals surface area contributed by atoms with Crippen molar-refractivity contribution < 1.29 is 19.0 Å². The predicted octanol–water partition coefficient (Wildman–Crippen LogP) is 7.13. The summed E-state index contributed by atoms with van der Waals surface area (Å²) in [6.45, 7) is 2.75. The number of fused-ring (bicyclic) bond motifs is 1. The SMILES string of the molecule is CCOc1cccc(NC(=O)/C(C#N)=C\c2cc(OC)c(OCc3cccc4ccccc34)cc2Br)c1. The van der Waals surface area contributed by atoms with Crippen LogP contribution in [0.15, 0.2) is 88.9 Å². The molecule has 7 heteroatoms. The van der Waals surface area contributed by atoms with Crippen LogP contribution in [0.25, 0.3) is 16.8 Å². The van der Waals surface area contributed by atoms with Crippen molar-refractivity contribution in [2.45, 2.75) is 13.5 Å². The molecule has 0 atom stereocenters. The summed E-state index contributed by atoms with van der Waals surface area (Å²) in [5, 5.41) is 14.7. The maximum Gasteiger partial charge on any atom is 0.266 e. The van der Waals surface area contributed by atoms with Crippen molar-refractivity contribution in [3.8, 4) is 23.3 Å². The molecule has 0 saturated carbocycles. The molecule has 0 saturated heterocycles. The zero-order chi connectivity index (χ0) is 26.2. The minimum atomic E-state index is -0.529. The molecule has 0 aliphatic heterocycles. The molecule has 0 aliphatic carbocycles. The average molecular weight is 557 g/mol. The number of benzene rings is 4. The predicted molar refractivity (Wildman–Crippen MR) is 149 cm³/mol. The van der Waals surface area contributed by atoms with Gasteiger partial charge in [0.25, 0.3) is 5.91 Å². The van der Waals surface area contributed by atoms with E-state index in [9.17, 15) is 10.1 Å². The Morgan fingerprint density at radius 1 is 1.00 bits per heavy atom. The Morgan fingerprint density at radius 2 is 1.78 bits per heavy atom. The second-order valence-corrected chi connectivity index (χ2v) is 8.89. The maximum atomic E-state index is 12.8. The Morgan fingerprint density at radius 3 is 2.57 bits per heavy atom. The van der Waals surface area contributed by atoms with E-state index in [1.54, 1.807) is 43.5 Å². The molecule has 0 bridgehead atoms. The van der Waals surface area contributed by atoms with Gasteiger partial charge in [0, 0.05) is 16.2 Å². The van der Waals surface area contributed by atoms with Gasteiger partial charge in [-0.2, -0.15) is 5.26 Å². The zero-order valence-corrected chi connectivity index (χ0v) is 22.0. The number of nitrogens with zero attached hydrogens (tertiary/aromatic N) is 1. The van der Waals surface area contributed by atoms with Crippen LogP contribution in [0.3, 0.4) is 0 Å². The minimum absolute atomic E-state index is 0.0611. The number of amides is 1. The van der Waals surface area contributed by atoms with Crippen molar-refractivity contribution in [2.24, 2.45) is 0 Å². The van der Waals surface area contributed by atoms with E-state index >= 15 is 0 Å². The number of halogens is 1. The fraction of sp³-hybridized carbons (Fsp3) is 0.133. The van der Waals surface area contributed by atoms with Crippen LogP contribution in [0, 0.1) is 11.3 Å². The van der Waals surface area contributed by atoms with Crippen molar-refractivity contribution in [1.82, 2.24) is 0 Å². The van der Waals surface area contributed by atoms with Crippen molar-refractivity contribution in [2.75, 3.05) is 19.0 Å². The van der Waals surface area contributed by atoms with Crippen molar-refractivity contribution in [3.63, 3.8) is 0 Å². The van der Waals surface area contributed by atoms with Gasteiger partial charge in [0.05, 0.1) is 13.7 Å². The number of carbonyl (C=O) groups excluding carboxylic acids is 1. The molecule has 4 aromatic carbocycles. The van der Waals surface area contributed by atoms with E-state index in [0.717, 1.165) is 16.3 Å². The second kappa shape index (κ2) is 12.1. The Hall–Kier alpha value is -4.28. The highest BCUT2D eigenvalue weighted by atomic mass is 79.9. The van der Waals surface area contributed by atoms with Gasteiger partial charge < -0.3 is 19.5 Å². The van der Waals surface area contributed by atoms with Gasteiger partial charge >= 0.3 is 0 Å². The lowest BCUT2D eigenvalue weighted by Crippen LogP contribution is -2.13. The number of methoxy groups -OCH3 is 1. The third-order valence-corrected chi connectivity index (χ3v) is 6.30. The standard InChI is InChI=1S/C30H25BrN2O4/c1-3-36-25-12-7-11-24(16-25)33-30(34)23(18-32)14-22-15-28(35-2)29(17-27(22)31)37-19-21-10-6-9-20-8-4-5-13-26(20)21/h4-17H,3,19H2,1-2H3,(H,33,34)/b23-14-. The fourth-order valence-electron chi connectivity index (χ4n) is 3.84. The lowest BCUT2D eigenvalue weighted by molar-refractivity contribution is -0.112. The topological polar surface area (TPSA) is 80.6 Å². The van der Waals surface area contributed by atoms with Gasteiger partial charge in [-0.1, -0.05) is 64.5 Å². The zero-order valence-electron chi connectivity index (χ0n) is 20.5. The van der Waals surface area contributed by atoms with Gasteiger partial charge in [-0.3, -0.25) is 4.79 Å². The number of ether oxygens (including phenoxy) is 3. The van der Waals surface area contributed by atoms with Crippen molar-refractivity contribution >= 4 is 44.4 Å². The van der Waals surface area contributed by atoms with Gasteiger partial charge in [0.15, 0.2) is 11.5 Å². The molecular formula is C30H25BrN2O4. The number of rotatable bonds is 9. The van der Waals surface area contributed by atoms with Crippen molar-refractivity contribution in [1.29, 1.82) is 5.26 Å². The van der Waals surface area contributed by atoms with E-state index in [1.807, 2.05) is 37.3 Å². The van der Waals surface area contributed by atoms with Gasteiger partial charge in [-0.05, 0) is 59.2 Å². The summed E-state index contributed by atoms with van der Waals surface area (Å²) in [5.74, 6) is 1.12. The smallest absolute Gasteiger partial charge is 0.266 e. The van der Waals surface area contributed by atoms with Crippen LogP contribution in [0.4, 0.5) is 5.69 Å². The summed E-state index contributed by atoms with van der Waals surface area (Å²) in [6.07, 6.45) is 1.50. The number of hydrogen-bond donors (Lipinski definition) is 1. The number of nitrogens with one attached hydrogen (secondary N) is 1. The minimum Gasteiger partial charge on any atom is -0.494 e. The molecule has 4 rings (SSSR count). The number of hydrogen-bond acceptors (Lipinski definition) is 5. The van der Waals surface area contributed by atoms with E-state index in [0.29, 0.717) is 46.2 Å². The summed E-state index contributed by atoms with van der Waals surface area (Å²) in [5.41, 5.74) is 2.13. The molecule has 186 valence electrons. The first-order valence-electron chi connectivity index (χ1n) is 11.7. The molecule has 1 N–H and O–H groups in total. The fourth-order valence-corrected chi connectivity index (χ4v) is 4.28. The van der Waals surface area contributed by atoms with E-state index < -0.39 is 5.91 Å². The molecule has 0 radical (unpaired) electrons. The van der Waals surface area contributed by atoms with Crippen LogP contribution < -0.4 is 19.5 Å². The summed E-state index contributed by atoms with van der Waals surface area (Å²) in [4.78, 5) is 12.8. The molecule has 0 aromatic heterocycles. The Bertz CT molecular complexity index is 1500. The first-order valence-corrected chi connectivity index (χ1v) is 12.4. The van der Waals surface area contributed by atoms with E-state index in [4.69, 9.17) is 14.2 Å². The van der Waals surface area contributed by atoms with Gasteiger partial charge in [-0.25, -0.2) is 0 Å². The third kappa shape index (κ3) is 6.29. The molecule has 0 fully saturated rings. The lowest BCUT2D eigenvalue weighted by Gasteiger charge is -2.14. The van der Waals surface area contributed by atoms with Gasteiger partial charge in [-0.15, -0.1) is 0 Å². The van der Waals surface area contributed by atoms with Gasteiger partial charge in [0.2, 0.25) is 0 Å². The maximum absolute atomic E-state index is 12.8. The van der Waals surface area contributed by atoms with E-state index in [-0.39, 0.29) is 5.57 Å². The van der Waals surface area contributed by atoms with Crippen LogP contribution in [0.1, 0.15) is 18.1 Å². The Balaban J connectivity index is 1.55.